The second kappa shape index (κ2) is 6.69. The molecule has 1 aromatic heterocycles. The Kier molecular flexibility index (Phi) is 4.93. The Morgan fingerprint density at radius 1 is 1.06 bits per heavy atom. The first-order valence-electron chi connectivity index (χ1n) is 6.30. The summed E-state index contributed by atoms with van der Waals surface area (Å²) in [5.41, 5.74) is 11.0. The number of nitrogens with one attached hydrogen (secondary N) is 1. The van der Waals surface area contributed by atoms with Crippen LogP contribution in [0.15, 0.2) is 35.0 Å². The van der Waals surface area contributed by atoms with Crippen LogP contribution < -0.4 is 11.1 Å². The molecule has 96 valence electrons. The molecule has 0 saturated heterocycles. The Labute approximate surface area is 113 Å². The molecule has 0 aliphatic heterocycles. The Morgan fingerprint density at radius 2 is 1.78 bits per heavy atom. The smallest absolute Gasteiger partial charge is 0.0219 e. The molecule has 0 bridgehead atoms. The summed E-state index contributed by atoms with van der Waals surface area (Å²) in [5, 5.41) is 7.89. The van der Waals surface area contributed by atoms with Gasteiger partial charge in [0.15, 0.2) is 0 Å². The van der Waals surface area contributed by atoms with E-state index in [0.717, 1.165) is 26.1 Å². The fourth-order valence-corrected chi connectivity index (χ4v) is 2.76. The van der Waals surface area contributed by atoms with Crippen molar-refractivity contribution in [2.24, 2.45) is 5.73 Å². The number of thiophene rings is 1. The zero-order chi connectivity index (χ0) is 12.8. The summed E-state index contributed by atoms with van der Waals surface area (Å²) >= 11 is 1.77. The van der Waals surface area contributed by atoms with Crippen molar-refractivity contribution in [2.45, 2.75) is 26.4 Å². The van der Waals surface area contributed by atoms with Crippen LogP contribution in [0, 0.1) is 6.92 Å². The van der Waals surface area contributed by atoms with Gasteiger partial charge >= 0.3 is 0 Å². The molecule has 0 aliphatic carbocycles. The van der Waals surface area contributed by atoms with Gasteiger partial charge in [-0.05, 0) is 52.9 Å². The molecule has 3 N–H and O–H groups in total. The van der Waals surface area contributed by atoms with Crippen LogP contribution in [0.4, 0.5) is 0 Å². The Hall–Kier alpha value is -1.16. The lowest BCUT2D eigenvalue weighted by molar-refractivity contribution is 0.692. The third-order valence-electron chi connectivity index (χ3n) is 3.06. The molecule has 0 aliphatic rings. The minimum atomic E-state index is 0.717. The number of hydrogen-bond acceptors (Lipinski definition) is 3. The van der Waals surface area contributed by atoms with Gasteiger partial charge in [0, 0.05) is 13.1 Å². The van der Waals surface area contributed by atoms with Gasteiger partial charge in [-0.3, -0.25) is 0 Å². The summed E-state index contributed by atoms with van der Waals surface area (Å²) in [6.07, 6.45) is 0.960. The van der Waals surface area contributed by atoms with Crippen LogP contribution in [0.25, 0.3) is 0 Å². The van der Waals surface area contributed by atoms with Crippen molar-refractivity contribution >= 4 is 11.3 Å². The minimum Gasteiger partial charge on any atom is -0.330 e. The first-order valence-corrected chi connectivity index (χ1v) is 7.24. The molecule has 0 spiro atoms. The second-order valence-corrected chi connectivity index (χ2v) is 5.28. The van der Waals surface area contributed by atoms with Crippen LogP contribution in [0.3, 0.4) is 0 Å². The maximum absolute atomic E-state index is 5.54. The van der Waals surface area contributed by atoms with Crippen molar-refractivity contribution in [2.75, 3.05) is 6.54 Å². The fourth-order valence-electron chi connectivity index (χ4n) is 1.90. The van der Waals surface area contributed by atoms with Gasteiger partial charge in [-0.2, -0.15) is 11.3 Å². The van der Waals surface area contributed by atoms with Crippen LogP contribution in [0.1, 0.15) is 22.3 Å². The summed E-state index contributed by atoms with van der Waals surface area (Å²) in [4.78, 5) is 0. The Bertz CT molecular complexity index is 473. The molecule has 18 heavy (non-hydrogen) atoms. The minimum absolute atomic E-state index is 0.717. The van der Waals surface area contributed by atoms with E-state index >= 15 is 0 Å². The van der Waals surface area contributed by atoms with E-state index in [9.17, 15) is 0 Å². The van der Waals surface area contributed by atoms with Gasteiger partial charge < -0.3 is 11.1 Å². The van der Waals surface area contributed by atoms with Crippen LogP contribution in [0.2, 0.25) is 0 Å². The molecular weight excluding hydrogens is 240 g/mol. The lowest BCUT2D eigenvalue weighted by Crippen LogP contribution is -2.12. The van der Waals surface area contributed by atoms with E-state index in [0.29, 0.717) is 0 Å². The third kappa shape index (κ3) is 3.67. The largest absolute Gasteiger partial charge is 0.330 e. The van der Waals surface area contributed by atoms with E-state index in [4.69, 9.17) is 5.73 Å². The second-order valence-electron chi connectivity index (χ2n) is 4.54. The van der Waals surface area contributed by atoms with Gasteiger partial charge in [0.05, 0.1) is 0 Å². The highest BCUT2D eigenvalue weighted by molar-refractivity contribution is 7.08. The van der Waals surface area contributed by atoms with Crippen LogP contribution in [-0.4, -0.2) is 6.54 Å². The first kappa shape index (κ1) is 13.3. The van der Waals surface area contributed by atoms with Crippen molar-refractivity contribution in [3.63, 3.8) is 0 Å². The number of nitrogens with two attached hydrogens (primary N) is 1. The number of hydrogen-bond donors (Lipinski definition) is 2. The molecule has 1 heterocycles. The van der Waals surface area contributed by atoms with Crippen LogP contribution in [-0.2, 0) is 19.5 Å². The fraction of sp³-hybridized carbons (Fsp3) is 0.333. The quantitative estimate of drug-likeness (QED) is 0.838. The molecule has 0 unspecified atom stereocenters. The van der Waals surface area contributed by atoms with E-state index < -0.39 is 0 Å². The highest BCUT2D eigenvalue weighted by Gasteiger charge is 1.99. The molecular formula is C15H20N2S. The van der Waals surface area contributed by atoms with Gasteiger partial charge in [-0.1, -0.05) is 24.3 Å². The van der Waals surface area contributed by atoms with E-state index in [2.05, 4.69) is 47.3 Å². The zero-order valence-corrected chi connectivity index (χ0v) is 11.6. The van der Waals surface area contributed by atoms with Crippen molar-refractivity contribution < 1.29 is 0 Å². The SMILES string of the molecule is Cc1cscc1CNCc1ccc(CCN)cc1. The number of benzene rings is 1. The van der Waals surface area contributed by atoms with E-state index in [1.54, 1.807) is 11.3 Å². The Morgan fingerprint density at radius 3 is 2.39 bits per heavy atom. The normalized spacial score (nSPS) is 10.8. The van der Waals surface area contributed by atoms with Gasteiger partial charge in [-0.15, -0.1) is 0 Å². The maximum Gasteiger partial charge on any atom is 0.0219 e. The molecule has 2 rings (SSSR count). The van der Waals surface area contributed by atoms with E-state index in [1.165, 1.54) is 22.3 Å². The summed E-state index contributed by atoms with van der Waals surface area (Å²) in [6, 6.07) is 8.69. The molecule has 0 saturated carbocycles. The molecule has 0 amide bonds. The Balaban J connectivity index is 1.81. The summed E-state index contributed by atoms with van der Waals surface area (Å²) in [6.45, 7) is 4.74. The molecule has 0 atom stereocenters. The van der Waals surface area contributed by atoms with Gasteiger partial charge in [0.2, 0.25) is 0 Å². The molecule has 0 fully saturated rings. The number of aryl methyl sites for hydroxylation is 1. The average molecular weight is 260 g/mol. The van der Waals surface area contributed by atoms with Crippen molar-refractivity contribution in [3.05, 3.63) is 57.3 Å². The van der Waals surface area contributed by atoms with Crippen LogP contribution in [0.5, 0.6) is 0 Å². The first-order chi connectivity index (χ1) is 8.79. The molecule has 0 radical (unpaired) electrons. The summed E-state index contributed by atoms with van der Waals surface area (Å²) in [5.74, 6) is 0. The molecule has 2 aromatic rings. The highest BCUT2D eigenvalue weighted by atomic mass is 32.1. The van der Waals surface area contributed by atoms with Gasteiger partial charge in [0.1, 0.15) is 0 Å². The lowest BCUT2D eigenvalue weighted by Gasteiger charge is -2.06. The third-order valence-corrected chi connectivity index (χ3v) is 3.97. The summed E-state index contributed by atoms with van der Waals surface area (Å²) in [7, 11) is 0. The zero-order valence-electron chi connectivity index (χ0n) is 10.8. The molecule has 1 aromatic carbocycles. The molecule has 2 nitrogen and oxygen atoms in total. The van der Waals surface area contributed by atoms with E-state index in [1.807, 2.05) is 0 Å². The average Bonchev–Trinajstić information content (AvgIpc) is 2.78. The lowest BCUT2D eigenvalue weighted by atomic mass is 10.1. The van der Waals surface area contributed by atoms with Gasteiger partial charge in [0.25, 0.3) is 0 Å². The standard InChI is InChI=1S/C15H20N2S/c1-12-10-18-11-15(12)9-17-8-14-4-2-13(3-5-14)6-7-16/h2-5,10-11,17H,6-9,16H2,1H3. The monoisotopic (exact) mass is 260 g/mol. The van der Waals surface area contributed by atoms with Crippen molar-refractivity contribution in [1.82, 2.24) is 5.32 Å². The highest BCUT2D eigenvalue weighted by Crippen LogP contribution is 2.13. The van der Waals surface area contributed by atoms with Crippen molar-refractivity contribution in [1.29, 1.82) is 0 Å². The maximum atomic E-state index is 5.54. The van der Waals surface area contributed by atoms with E-state index in [-0.39, 0.29) is 0 Å². The predicted molar refractivity (Wildman–Crippen MR) is 78.8 cm³/mol. The van der Waals surface area contributed by atoms with Crippen LogP contribution >= 0.6 is 11.3 Å². The summed E-state index contributed by atoms with van der Waals surface area (Å²) < 4.78 is 0. The van der Waals surface area contributed by atoms with Crippen molar-refractivity contribution in [3.8, 4) is 0 Å². The topological polar surface area (TPSA) is 38.0 Å². The van der Waals surface area contributed by atoms with Gasteiger partial charge in [-0.25, -0.2) is 0 Å². The predicted octanol–water partition coefficient (Wildman–Crippen LogP) is 2.85. The molecule has 3 heteroatoms. The number of rotatable bonds is 6.